The van der Waals surface area contributed by atoms with Gasteiger partial charge in [-0.25, -0.2) is 0 Å². The van der Waals surface area contributed by atoms with E-state index in [2.05, 4.69) is 31.7 Å². The van der Waals surface area contributed by atoms with Crippen molar-refractivity contribution in [3.05, 3.63) is 17.9 Å². The number of rotatable bonds is 2. The Labute approximate surface area is 57.3 Å². The molecule has 1 rings (SSSR count). The number of hydrogen-bond donors (Lipinski definition) is 0. The predicted octanol–water partition coefficient (Wildman–Crippen LogP) is 2.91. The summed E-state index contributed by atoms with van der Waals surface area (Å²) in [6.45, 7) is 4.42. The van der Waals surface area contributed by atoms with Crippen molar-refractivity contribution in [3.8, 4) is 0 Å². The molecule has 0 spiro atoms. The largest absolute Gasteiger partial charge is 0.129 e. The summed E-state index contributed by atoms with van der Waals surface area (Å²) in [4.78, 5) is 0. The lowest BCUT2D eigenvalue weighted by atomic mass is 10.1. The molecule has 0 aromatic heterocycles. The van der Waals surface area contributed by atoms with Gasteiger partial charge in [-0.3, -0.25) is 0 Å². The third-order valence-electron chi connectivity index (χ3n) is 1.79. The maximum absolute atomic E-state index is 3.19. The molecule has 0 aromatic carbocycles. The zero-order valence-electron chi connectivity index (χ0n) is 6.28. The number of hydrogen-bond acceptors (Lipinski definition) is 0. The molecule has 0 bridgehead atoms. The molecule has 0 aromatic rings. The van der Waals surface area contributed by atoms with Crippen LogP contribution in [0, 0.1) is 5.41 Å². The first-order valence-electron chi connectivity index (χ1n) is 3.69. The second-order valence-electron chi connectivity index (χ2n) is 3.08. The Kier molecular flexibility index (Phi) is 1.78. The van der Waals surface area contributed by atoms with E-state index >= 15 is 0 Å². The van der Waals surface area contributed by atoms with Crippen LogP contribution in [0.2, 0.25) is 0 Å². The summed E-state index contributed by atoms with van der Waals surface area (Å²) in [5, 5.41) is 0. The molecule has 0 heterocycles. The highest BCUT2D eigenvalue weighted by Gasteiger charge is 2.33. The van der Waals surface area contributed by atoms with Gasteiger partial charge >= 0.3 is 0 Å². The highest BCUT2D eigenvalue weighted by atomic mass is 14.4. The van der Waals surface area contributed by atoms with Gasteiger partial charge in [0.1, 0.15) is 0 Å². The minimum absolute atomic E-state index is 0.533. The van der Waals surface area contributed by atoms with Gasteiger partial charge in [0.05, 0.1) is 0 Å². The van der Waals surface area contributed by atoms with Crippen LogP contribution in [0.15, 0.2) is 17.9 Å². The Bertz CT molecular complexity index is 143. The van der Waals surface area contributed by atoms with E-state index in [1.54, 1.807) is 0 Å². The fraction of sp³-hybridized carbons (Fsp3) is 0.667. The summed E-state index contributed by atoms with van der Waals surface area (Å²) in [6.07, 6.45) is 8.11. The van der Waals surface area contributed by atoms with E-state index < -0.39 is 0 Å². The van der Waals surface area contributed by atoms with Gasteiger partial charge in [0, 0.05) is 0 Å². The summed E-state index contributed by atoms with van der Waals surface area (Å²) < 4.78 is 0. The third-order valence-corrected chi connectivity index (χ3v) is 1.79. The molecule has 0 saturated heterocycles. The van der Waals surface area contributed by atoms with E-state index in [1.165, 1.54) is 12.8 Å². The smallest absolute Gasteiger partial charge is 0.00702 e. The molecule has 0 unspecified atom stereocenters. The maximum atomic E-state index is 3.19. The molecule has 0 amide bonds. The van der Waals surface area contributed by atoms with E-state index in [4.69, 9.17) is 0 Å². The van der Waals surface area contributed by atoms with Crippen LogP contribution in [0.4, 0.5) is 0 Å². The SMILES string of the molecule is CCC=C=CC1(C)CC1. The van der Waals surface area contributed by atoms with Crippen LogP contribution in [0.1, 0.15) is 33.1 Å². The zero-order valence-corrected chi connectivity index (χ0v) is 6.28. The molecule has 1 aliphatic carbocycles. The highest BCUT2D eigenvalue weighted by molar-refractivity contribution is 5.05. The molecule has 0 aliphatic heterocycles. The Morgan fingerprint density at radius 3 is 2.67 bits per heavy atom. The molecule has 0 heteroatoms. The standard InChI is InChI=1S/C9H14/c1-3-4-5-6-9(2)7-8-9/h4,6H,3,7-8H2,1-2H3. The van der Waals surface area contributed by atoms with Gasteiger partial charge in [0.15, 0.2) is 0 Å². The average molecular weight is 122 g/mol. The van der Waals surface area contributed by atoms with Crippen molar-refractivity contribution in [3.63, 3.8) is 0 Å². The van der Waals surface area contributed by atoms with Gasteiger partial charge in [0.2, 0.25) is 0 Å². The number of allylic oxidation sites excluding steroid dienone is 1. The van der Waals surface area contributed by atoms with Crippen molar-refractivity contribution in [2.24, 2.45) is 5.41 Å². The topological polar surface area (TPSA) is 0 Å². The molecular formula is C9H14. The highest BCUT2D eigenvalue weighted by Crippen LogP contribution is 2.45. The van der Waals surface area contributed by atoms with Crippen molar-refractivity contribution >= 4 is 0 Å². The second-order valence-corrected chi connectivity index (χ2v) is 3.08. The summed E-state index contributed by atoms with van der Waals surface area (Å²) in [5.41, 5.74) is 3.72. The van der Waals surface area contributed by atoms with Crippen LogP contribution >= 0.6 is 0 Å². The fourth-order valence-electron chi connectivity index (χ4n) is 0.719. The maximum Gasteiger partial charge on any atom is -0.00702 e. The van der Waals surface area contributed by atoms with Crippen molar-refractivity contribution < 1.29 is 0 Å². The fourth-order valence-corrected chi connectivity index (χ4v) is 0.719. The van der Waals surface area contributed by atoms with E-state index in [1.807, 2.05) is 0 Å². The first-order valence-corrected chi connectivity index (χ1v) is 3.69. The molecule has 9 heavy (non-hydrogen) atoms. The van der Waals surface area contributed by atoms with Crippen LogP contribution in [0.25, 0.3) is 0 Å². The molecule has 0 N–H and O–H groups in total. The van der Waals surface area contributed by atoms with Crippen molar-refractivity contribution in [1.82, 2.24) is 0 Å². The Morgan fingerprint density at radius 1 is 1.56 bits per heavy atom. The molecule has 50 valence electrons. The first-order chi connectivity index (χ1) is 4.27. The van der Waals surface area contributed by atoms with Crippen LogP contribution < -0.4 is 0 Å². The first kappa shape index (κ1) is 6.64. The molecule has 0 atom stereocenters. The Hall–Kier alpha value is -0.480. The van der Waals surface area contributed by atoms with Crippen LogP contribution in [-0.4, -0.2) is 0 Å². The van der Waals surface area contributed by atoms with E-state index in [9.17, 15) is 0 Å². The van der Waals surface area contributed by atoms with E-state index in [0.717, 1.165) is 6.42 Å². The molecule has 1 saturated carbocycles. The lowest BCUT2D eigenvalue weighted by Crippen LogP contribution is -1.80. The van der Waals surface area contributed by atoms with Crippen molar-refractivity contribution in [1.29, 1.82) is 0 Å². The Balaban J connectivity index is 2.39. The average Bonchev–Trinajstić information content (AvgIpc) is 2.50. The summed E-state index contributed by atoms with van der Waals surface area (Å²) in [7, 11) is 0. The minimum atomic E-state index is 0.533. The molecule has 1 fully saturated rings. The summed E-state index contributed by atoms with van der Waals surface area (Å²) >= 11 is 0. The monoisotopic (exact) mass is 122 g/mol. The molecule has 0 radical (unpaired) electrons. The molecule has 0 nitrogen and oxygen atoms in total. The van der Waals surface area contributed by atoms with Crippen molar-refractivity contribution in [2.75, 3.05) is 0 Å². The van der Waals surface area contributed by atoms with Gasteiger partial charge in [-0.1, -0.05) is 13.8 Å². The molecular weight excluding hydrogens is 108 g/mol. The van der Waals surface area contributed by atoms with Crippen LogP contribution in [0.5, 0.6) is 0 Å². The molecule has 1 aliphatic rings. The second kappa shape index (κ2) is 2.41. The summed E-state index contributed by atoms with van der Waals surface area (Å²) in [6, 6.07) is 0. The lowest BCUT2D eigenvalue weighted by Gasteiger charge is -1.91. The van der Waals surface area contributed by atoms with Crippen molar-refractivity contribution in [2.45, 2.75) is 33.1 Å². The van der Waals surface area contributed by atoms with Gasteiger partial charge in [0.25, 0.3) is 0 Å². The minimum Gasteiger partial charge on any atom is -0.129 e. The normalized spacial score (nSPS) is 20.2. The van der Waals surface area contributed by atoms with Gasteiger partial charge in [-0.15, -0.1) is 5.73 Å². The Morgan fingerprint density at radius 2 is 2.22 bits per heavy atom. The van der Waals surface area contributed by atoms with Gasteiger partial charge < -0.3 is 0 Å². The van der Waals surface area contributed by atoms with E-state index in [0.29, 0.717) is 5.41 Å². The van der Waals surface area contributed by atoms with E-state index in [-0.39, 0.29) is 0 Å². The van der Waals surface area contributed by atoms with Crippen LogP contribution in [0.3, 0.4) is 0 Å². The predicted molar refractivity (Wildman–Crippen MR) is 40.3 cm³/mol. The lowest BCUT2D eigenvalue weighted by molar-refractivity contribution is 0.749. The zero-order chi connectivity index (χ0) is 6.74. The summed E-state index contributed by atoms with van der Waals surface area (Å²) in [5.74, 6) is 0. The van der Waals surface area contributed by atoms with Gasteiger partial charge in [-0.2, -0.15) is 0 Å². The van der Waals surface area contributed by atoms with Crippen LogP contribution in [-0.2, 0) is 0 Å². The third kappa shape index (κ3) is 2.07. The van der Waals surface area contributed by atoms with Gasteiger partial charge in [-0.05, 0) is 36.8 Å². The quantitative estimate of drug-likeness (QED) is 0.494.